The quantitative estimate of drug-likeness (QED) is 0.898. The lowest BCUT2D eigenvalue weighted by Crippen LogP contribution is -2.50. The average Bonchev–Trinajstić information content (AvgIpc) is 2.53. The Labute approximate surface area is 123 Å². The Morgan fingerprint density at radius 1 is 1.33 bits per heavy atom. The zero-order valence-electron chi connectivity index (χ0n) is 12.0. The third-order valence-electron chi connectivity index (χ3n) is 3.52. The van der Waals surface area contributed by atoms with E-state index in [1.807, 2.05) is 0 Å². The third-order valence-corrected chi connectivity index (χ3v) is 3.52. The SMILES string of the molecule is CC(NCC(F)(F)c1ccccc1)C(=O)N1CCOCC1. The summed E-state index contributed by atoms with van der Waals surface area (Å²) in [7, 11) is 0. The van der Waals surface area contributed by atoms with Gasteiger partial charge in [0, 0.05) is 18.7 Å². The van der Waals surface area contributed by atoms with Gasteiger partial charge in [-0.05, 0) is 6.92 Å². The second-order valence-corrected chi connectivity index (χ2v) is 5.11. The fraction of sp³-hybridized carbons (Fsp3) is 0.533. The van der Waals surface area contributed by atoms with Gasteiger partial charge in [-0.2, -0.15) is 8.78 Å². The summed E-state index contributed by atoms with van der Waals surface area (Å²) in [5.74, 6) is -3.16. The van der Waals surface area contributed by atoms with Crippen molar-refractivity contribution in [3.05, 3.63) is 35.9 Å². The van der Waals surface area contributed by atoms with Crippen LogP contribution in [0.4, 0.5) is 8.78 Å². The number of hydrogen-bond donors (Lipinski definition) is 1. The summed E-state index contributed by atoms with van der Waals surface area (Å²) in [4.78, 5) is 13.8. The van der Waals surface area contributed by atoms with Gasteiger partial charge in [-0.3, -0.25) is 4.79 Å². The van der Waals surface area contributed by atoms with Crippen LogP contribution in [0.2, 0.25) is 0 Å². The maximum atomic E-state index is 14.0. The lowest BCUT2D eigenvalue weighted by molar-refractivity contribution is -0.137. The van der Waals surface area contributed by atoms with Crippen LogP contribution < -0.4 is 5.32 Å². The van der Waals surface area contributed by atoms with Crippen molar-refractivity contribution in [1.82, 2.24) is 10.2 Å². The van der Waals surface area contributed by atoms with Crippen molar-refractivity contribution in [3.63, 3.8) is 0 Å². The van der Waals surface area contributed by atoms with Gasteiger partial charge in [0.25, 0.3) is 5.92 Å². The molecule has 4 nitrogen and oxygen atoms in total. The van der Waals surface area contributed by atoms with Crippen molar-refractivity contribution in [2.75, 3.05) is 32.8 Å². The van der Waals surface area contributed by atoms with Gasteiger partial charge in [0.2, 0.25) is 5.91 Å². The number of nitrogens with zero attached hydrogens (tertiary/aromatic N) is 1. The Hall–Kier alpha value is -1.53. The van der Waals surface area contributed by atoms with E-state index >= 15 is 0 Å². The predicted octanol–water partition coefficient (Wildman–Crippen LogP) is 1.62. The van der Waals surface area contributed by atoms with E-state index in [1.54, 1.807) is 30.0 Å². The van der Waals surface area contributed by atoms with Crippen molar-refractivity contribution < 1.29 is 18.3 Å². The number of morpholine rings is 1. The van der Waals surface area contributed by atoms with E-state index in [4.69, 9.17) is 4.74 Å². The molecule has 0 aromatic heterocycles. The number of ether oxygens (including phenoxy) is 1. The van der Waals surface area contributed by atoms with Gasteiger partial charge in [-0.25, -0.2) is 0 Å². The summed E-state index contributed by atoms with van der Waals surface area (Å²) < 4.78 is 33.2. The zero-order chi connectivity index (χ0) is 15.3. The highest BCUT2D eigenvalue weighted by atomic mass is 19.3. The molecule has 1 amide bonds. The lowest BCUT2D eigenvalue weighted by atomic mass is 10.1. The molecule has 0 aliphatic carbocycles. The van der Waals surface area contributed by atoms with E-state index in [1.165, 1.54) is 12.1 Å². The highest BCUT2D eigenvalue weighted by molar-refractivity contribution is 5.81. The number of rotatable bonds is 5. The molecule has 1 fully saturated rings. The van der Waals surface area contributed by atoms with Crippen molar-refractivity contribution in [2.24, 2.45) is 0 Å². The number of benzene rings is 1. The molecule has 1 aromatic rings. The highest BCUT2D eigenvalue weighted by Crippen LogP contribution is 2.26. The number of carbonyl (C=O) groups excluding carboxylic acids is 1. The molecule has 1 N–H and O–H groups in total. The first kappa shape index (κ1) is 15.9. The summed E-state index contributed by atoms with van der Waals surface area (Å²) >= 11 is 0. The molecule has 0 spiro atoms. The van der Waals surface area contributed by atoms with Crippen LogP contribution in [0.5, 0.6) is 0 Å². The molecule has 0 radical (unpaired) electrons. The largest absolute Gasteiger partial charge is 0.378 e. The van der Waals surface area contributed by atoms with Crippen LogP contribution in [0.3, 0.4) is 0 Å². The van der Waals surface area contributed by atoms with Gasteiger partial charge >= 0.3 is 0 Å². The van der Waals surface area contributed by atoms with E-state index in [-0.39, 0.29) is 11.5 Å². The monoisotopic (exact) mass is 298 g/mol. The second-order valence-electron chi connectivity index (χ2n) is 5.11. The summed E-state index contributed by atoms with van der Waals surface area (Å²) in [6.45, 7) is 3.07. The molecule has 116 valence electrons. The first-order chi connectivity index (χ1) is 10.0. The molecular weight excluding hydrogens is 278 g/mol. The van der Waals surface area contributed by atoms with Crippen molar-refractivity contribution in [1.29, 1.82) is 0 Å². The van der Waals surface area contributed by atoms with E-state index in [0.717, 1.165) is 0 Å². The Kier molecular flexibility index (Phi) is 5.25. The molecule has 1 aromatic carbocycles. The van der Waals surface area contributed by atoms with E-state index < -0.39 is 18.5 Å². The summed E-state index contributed by atoms with van der Waals surface area (Å²) in [6.07, 6.45) is 0. The minimum absolute atomic E-state index is 0.0523. The van der Waals surface area contributed by atoms with Crippen LogP contribution in [0, 0.1) is 0 Å². The van der Waals surface area contributed by atoms with Gasteiger partial charge in [-0.15, -0.1) is 0 Å². The molecule has 0 bridgehead atoms. The zero-order valence-corrected chi connectivity index (χ0v) is 12.0. The van der Waals surface area contributed by atoms with Crippen molar-refractivity contribution >= 4 is 5.91 Å². The van der Waals surface area contributed by atoms with Crippen molar-refractivity contribution in [2.45, 2.75) is 18.9 Å². The minimum Gasteiger partial charge on any atom is -0.378 e. The Bertz CT molecular complexity index is 462. The molecule has 2 rings (SSSR count). The molecule has 1 heterocycles. The molecule has 1 saturated heterocycles. The minimum atomic E-state index is -3.00. The summed E-state index contributed by atoms with van der Waals surface area (Å²) in [6, 6.07) is 6.97. The number of hydrogen-bond acceptors (Lipinski definition) is 3. The normalized spacial score (nSPS) is 17.6. The fourth-order valence-electron chi connectivity index (χ4n) is 2.21. The van der Waals surface area contributed by atoms with Crippen molar-refractivity contribution in [3.8, 4) is 0 Å². The maximum Gasteiger partial charge on any atom is 0.285 e. The van der Waals surface area contributed by atoms with Crippen LogP contribution in [0.25, 0.3) is 0 Å². The van der Waals surface area contributed by atoms with Gasteiger partial charge in [0.05, 0.1) is 25.8 Å². The second kappa shape index (κ2) is 6.95. The molecule has 6 heteroatoms. The standard InChI is InChI=1S/C15H20F2N2O2/c1-12(14(20)19-7-9-21-10-8-19)18-11-15(16,17)13-5-3-2-4-6-13/h2-6,12,18H,7-11H2,1H3. The third kappa shape index (κ3) is 4.22. The molecule has 1 aliphatic heterocycles. The topological polar surface area (TPSA) is 41.6 Å². The van der Waals surface area contributed by atoms with Gasteiger partial charge < -0.3 is 15.0 Å². The van der Waals surface area contributed by atoms with E-state index in [2.05, 4.69) is 5.32 Å². The van der Waals surface area contributed by atoms with E-state index in [0.29, 0.717) is 26.3 Å². The molecular formula is C15H20F2N2O2. The fourth-order valence-corrected chi connectivity index (χ4v) is 2.21. The number of halogens is 2. The predicted molar refractivity (Wildman–Crippen MR) is 75.2 cm³/mol. The molecule has 1 aliphatic rings. The number of nitrogens with one attached hydrogen (secondary N) is 1. The van der Waals surface area contributed by atoms with E-state index in [9.17, 15) is 13.6 Å². The molecule has 21 heavy (non-hydrogen) atoms. The van der Waals surface area contributed by atoms with Gasteiger partial charge in [0.1, 0.15) is 0 Å². The number of alkyl halides is 2. The highest BCUT2D eigenvalue weighted by Gasteiger charge is 2.33. The smallest absolute Gasteiger partial charge is 0.285 e. The Morgan fingerprint density at radius 3 is 2.57 bits per heavy atom. The first-order valence-corrected chi connectivity index (χ1v) is 7.04. The molecule has 0 saturated carbocycles. The van der Waals surface area contributed by atoms with Crippen LogP contribution in [-0.4, -0.2) is 49.7 Å². The summed E-state index contributed by atoms with van der Waals surface area (Å²) in [5.41, 5.74) is -0.0523. The molecule has 1 unspecified atom stereocenters. The van der Waals surface area contributed by atoms with Crippen LogP contribution in [0.15, 0.2) is 30.3 Å². The number of amides is 1. The van der Waals surface area contributed by atoms with Gasteiger partial charge in [-0.1, -0.05) is 30.3 Å². The van der Waals surface area contributed by atoms with Crippen LogP contribution in [-0.2, 0) is 15.5 Å². The van der Waals surface area contributed by atoms with Crippen LogP contribution in [0.1, 0.15) is 12.5 Å². The van der Waals surface area contributed by atoms with Crippen LogP contribution >= 0.6 is 0 Å². The van der Waals surface area contributed by atoms with Gasteiger partial charge in [0.15, 0.2) is 0 Å². The Morgan fingerprint density at radius 2 is 1.95 bits per heavy atom. The maximum absolute atomic E-state index is 14.0. The number of carbonyl (C=O) groups is 1. The molecule has 1 atom stereocenters. The summed E-state index contributed by atoms with van der Waals surface area (Å²) in [5, 5.41) is 2.64. The lowest BCUT2D eigenvalue weighted by Gasteiger charge is -2.30. The Balaban J connectivity index is 1.88. The first-order valence-electron chi connectivity index (χ1n) is 7.04. The average molecular weight is 298 g/mol.